The molecule has 4 rings (SSSR count). The van der Waals surface area contributed by atoms with Crippen LogP contribution in [0.15, 0.2) is 79.1 Å². The summed E-state index contributed by atoms with van der Waals surface area (Å²) in [5.74, 6) is -0.0393. The molecular formula is C20H16FN5O. The molecule has 0 aliphatic rings. The Labute approximate surface area is 154 Å². The summed E-state index contributed by atoms with van der Waals surface area (Å²) in [6, 6.07) is 19.3. The lowest BCUT2D eigenvalue weighted by Gasteiger charge is -2.09. The van der Waals surface area contributed by atoms with Gasteiger partial charge in [-0.2, -0.15) is 10.2 Å². The largest absolute Gasteiger partial charge is 0.309 e. The van der Waals surface area contributed by atoms with Crippen LogP contribution in [0.5, 0.6) is 0 Å². The van der Waals surface area contributed by atoms with E-state index in [1.807, 2.05) is 30.3 Å². The van der Waals surface area contributed by atoms with Crippen molar-refractivity contribution in [3.8, 4) is 16.9 Å². The van der Waals surface area contributed by atoms with Gasteiger partial charge in [-0.25, -0.2) is 9.07 Å². The van der Waals surface area contributed by atoms with Crippen LogP contribution in [0.4, 0.5) is 10.2 Å². The molecule has 0 radical (unpaired) electrons. The summed E-state index contributed by atoms with van der Waals surface area (Å²) in [5.41, 5.74) is 1.73. The van der Waals surface area contributed by atoms with Crippen molar-refractivity contribution in [3.05, 3.63) is 84.9 Å². The number of benzene rings is 2. The lowest BCUT2D eigenvalue weighted by Crippen LogP contribution is -2.20. The van der Waals surface area contributed by atoms with Gasteiger partial charge in [0, 0.05) is 17.8 Å². The third kappa shape index (κ3) is 3.62. The van der Waals surface area contributed by atoms with Crippen LogP contribution in [0.3, 0.4) is 0 Å². The van der Waals surface area contributed by atoms with Gasteiger partial charge in [-0.15, -0.1) is 0 Å². The molecule has 0 spiro atoms. The number of halogens is 1. The minimum atomic E-state index is -0.348. The van der Waals surface area contributed by atoms with Gasteiger partial charge in [0.2, 0.25) is 5.91 Å². The van der Waals surface area contributed by atoms with Crippen molar-refractivity contribution in [2.75, 3.05) is 5.32 Å². The van der Waals surface area contributed by atoms with Crippen molar-refractivity contribution in [1.82, 2.24) is 19.6 Å². The highest BCUT2D eigenvalue weighted by atomic mass is 19.1. The van der Waals surface area contributed by atoms with Crippen molar-refractivity contribution < 1.29 is 9.18 Å². The van der Waals surface area contributed by atoms with Gasteiger partial charge in [-0.05, 0) is 30.3 Å². The molecule has 0 saturated heterocycles. The van der Waals surface area contributed by atoms with E-state index in [1.54, 1.807) is 47.4 Å². The van der Waals surface area contributed by atoms with E-state index in [1.165, 1.54) is 10.7 Å². The van der Waals surface area contributed by atoms with Gasteiger partial charge >= 0.3 is 0 Å². The second kappa shape index (κ2) is 7.25. The lowest BCUT2D eigenvalue weighted by atomic mass is 10.1. The molecule has 2 heterocycles. The Bertz CT molecular complexity index is 1070. The highest BCUT2D eigenvalue weighted by Crippen LogP contribution is 2.20. The van der Waals surface area contributed by atoms with E-state index in [2.05, 4.69) is 15.5 Å². The van der Waals surface area contributed by atoms with Crippen LogP contribution in [-0.4, -0.2) is 25.5 Å². The van der Waals surface area contributed by atoms with Gasteiger partial charge in [0.25, 0.3) is 0 Å². The third-order valence-corrected chi connectivity index (χ3v) is 4.01. The maximum atomic E-state index is 13.9. The standard InChI is InChI=1S/C20H16FN5O/c21-17-9-5-4-8-16(17)18-11-13-25(24-18)14-20(27)23-19-10-12-22-26(19)15-6-2-1-3-7-15/h1-13H,14H2,(H,23,27). The number of nitrogens with one attached hydrogen (secondary N) is 1. The molecule has 0 fully saturated rings. The fraction of sp³-hybridized carbons (Fsp3) is 0.0500. The second-order valence-electron chi connectivity index (χ2n) is 5.89. The topological polar surface area (TPSA) is 64.7 Å². The predicted molar refractivity (Wildman–Crippen MR) is 99.8 cm³/mol. The van der Waals surface area contributed by atoms with Crippen molar-refractivity contribution >= 4 is 11.7 Å². The van der Waals surface area contributed by atoms with Crippen LogP contribution in [0.2, 0.25) is 0 Å². The summed E-state index contributed by atoms with van der Waals surface area (Å²) in [6.45, 7) is 0.00836. The van der Waals surface area contributed by atoms with E-state index in [0.29, 0.717) is 17.1 Å². The zero-order valence-corrected chi connectivity index (χ0v) is 14.3. The van der Waals surface area contributed by atoms with Gasteiger partial charge in [0.15, 0.2) is 0 Å². The first kappa shape index (κ1) is 16.7. The van der Waals surface area contributed by atoms with Crippen LogP contribution in [-0.2, 0) is 11.3 Å². The first-order valence-corrected chi connectivity index (χ1v) is 8.38. The van der Waals surface area contributed by atoms with Gasteiger partial charge in [-0.1, -0.05) is 30.3 Å². The van der Waals surface area contributed by atoms with E-state index < -0.39 is 0 Å². The van der Waals surface area contributed by atoms with Crippen LogP contribution < -0.4 is 5.32 Å². The second-order valence-corrected chi connectivity index (χ2v) is 5.89. The molecule has 0 bridgehead atoms. The maximum Gasteiger partial charge on any atom is 0.247 e. The van der Waals surface area contributed by atoms with Crippen LogP contribution >= 0.6 is 0 Å². The Morgan fingerprint density at radius 3 is 2.59 bits per heavy atom. The molecule has 0 aliphatic heterocycles. The van der Waals surface area contributed by atoms with Gasteiger partial charge in [0.05, 0.1) is 17.6 Å². The minimum absolute atomic E-state index is 0.00836. The summed E-state index contributed by atoms with van der Waals surface area (Å²) < 4.78 is 17.0. The highest BCUT2D eigenvalue weighted by Gasteiger charge is 2.12. The first-order chi connectivity index (χ1) is 13.2. The summed E-state index contributed by atoms with van der Waals surface area (Å²) in [5, 5.41) is 11.3. The van der Waals surface area contributed by atoms with Gasteiger partial charge in [0.1, 0.15) is 18.2 Å². The number of para-hydroxylation sites is 1. The normalized spacial score (nSPS) is 10.7. The zero-order chi connectivity index (χ0) is 18.6. The van der Waals surface area contributed by atoms with Gasteiger partial charge < -0.3 is 5.32 Å². The van der Waals surface area contributed by atoms with Crippen LogP contribution in [0.1, 0.15) is 0 Å². The molecule has 0 unspecified atom stereocenters. The number of hydrogen-bond donors (Lipinski definition) is 1. The summed E-state index contributed by atoms with van der Waals surface area (Å²) in [7, 11) is 0. The predicted octanol–water partition coefficient (Wildman–Crippen LogP) is 3.51. The molecule has 0 atom stereocenters. The molecule has 1 N–H and O–H groups in total. The fourth-order valence-electron chi connectivity index (χ4n) is 2.76. The number of anilines is 1. The number of nitrogens with zero attached hydrogens (tertiary/aromatic N) is 4. The molecule has 6 nitrogen and oxygen atoms in total. The molecule has 4 aromatic rings. The molecule has 1 amide bonds. The van der Waals surface area contributed by atoms with Crippen molar-refractivity contribution in [3.63, 3.8) is 0 Å². The quantitative estimate of drug-likeness (QED) is 0.592. The SMILES string of the molecule is O=C(Cn1ccc(-c2ccccc2F)n1)Nc1ccnn1-c1ccccc1. The Hall–Kier alpha value is -3.74. The number of hydrogen-bond acceptors (Lipinski definition) is 3. The number of amides is 1. The van der Waals surface area contributed by atoms with E-state index in [4.69, 9.17) is 0 Å². The maximum absolute atomic E-state index is 13.9. The molecule has 27 heavy (non-hydrogen) atoms. The number of aromatic nitrogens is 4. The lowest BCUT2D eigenvalue weighted by molar-refractivity contribution is -0.116. The van der Waals surface area contributed by atoms with E-state index >= 15 is 0 Å². The molecular weight excluding hydrogens is 345 g/mol. The van der Waals surface area contributed by atoms with Crippen LogP contribution in [0, 0.1) is 5.82 Å². The molecule has 2 aromatic heterocycles. The number of rotatable bonds is 5. The summed E-state index contributed by atoms with van der Waals surface area (Å²) in [4.78, 5) is 12.4. The Balaban J connectivity index is 1.47. The third-order valence-electron chi connectivity index (χ3n) is 4.01. The Morgan fingerprint density at radius 2 is 1.78 bits per heavy atom. The zero-order valence-electron chi connectivity index (χ0n) is 14.3. The van der Waals surface area contributed by atoms with E-state index in [0.717, 1.165) is 5.69 Å². The molecule has 134 valence electrons. The van der Waals surface area contributed by atoms with Gasteiger partial charge in [-0.3, -0.25) is 9.48 Å². The highest BCUT2D eigenvalue weighted by molar-refractivity contribution is 5.89. The Kier molecular flexibility index (Phi) is 4.49. The molecule has 2 aromatic carbocycles. The monoisotopic (exact) mass is 361 g/mol. The smallest absolute Gasteiger partial charge is 0.247 e. The molecule has 0 saturated carbocycles. The average molecular weight is 361 g/mol. The molecule has 7 heteroatoms. The van der Waals surface area contributed by atoms with Crippen molar-refractivity contribution in [2.45, 2.75) is 6.54 Å². The number of carbonyl (C=O) groups excluding carboxylic acids is 1. The first-order valence-electron chi connectivity index (χ1n) is 8.38. The van der Waals surface area contributed by atoms with Crippen molar-refractivity contribution in [1.29, 1.82) is 0 Å². The summed E-state index contributed by atoms with van der Waals surface area (Å²) >= 11 is 0. The molecule has 0 aliphatic carbocycles. The minimum Gasteiger partial charge on any atom is -0.309 e. The van der Waals surface area contributed by atoms with E-state index in [-0.39, 0.29) is 18.3 Å². The Morgan fingerprint density at radius 1 is 1.00 bits per heavy atom. The number of carbonyl (C=O) groups is 1. The van der Waals surface area contributed by atoms with Crippen molar-refractivity contribution in [2.24, 2.45) is 0 Å². The average Bonchev–Trinajstić information content (AvgIpc) is 3.32. The van der Waals surface area contributed by atoms with Crippen LogP contribution in [0.25, 0.3) is 16.9 Å². The van der Waals surface area contributed by atoms with E-state index in [9.17, 15) is 9.18 Å². The fourth-order valence-corrected chi connectivity index (χ4v) is 2.76. The summed E-state index contributed by atoms with van der Waals surface area (Å²) in [6.07, 6.45) is 3.27.